The van der Waals surface area contributed by atoms with E-state index in [1.54, 1.807) is 18.8 Å². The van der Waals surface area contributed by atoms with Crippen LogP contribution in [0.1, 0.15) is 11.4 Å². The van der Waals surface area contributed by atoms with Gasteiger partial charge in [0, 0.05) is 20.6 Å². The molecule has 0 aliphatic heterocycles. The summed E-state index contributed by atoms with van der Waals surface area (Å²) in [5, 5.41) is 13.9. The lowest BCUT2D eigenvalue weighted by atomic mass is 10.2. The Morgan fingerprint density at radius 1 is 1.37 bits per heavy atom. The topological polar surface area (TPSA) is 75.9 Å². The van der Waals surface area contributed by atoms with Crippen molar-refractivity contribution in [2.75, 3.05) is 7.05 Å². The molecule has 1 heterocycles. The van der Waals surface area contributed by atoms with Crippen LogP contribution in [-0.2, 0) is 20.1 Å². The Hall–Kier alpha value is -2.44. The van der Waals surface area contributed by atoms with Crippen molar-refractivity contribution < 1.29 is 4.79 Å². The number of tetrazole rings is 1. The molecule has 2 rings (SSSR count). The molecule has 0 aliphatic rings. The number of hydrogen-bond donors (Lipinski definition) is 1. The van der Waals surface area contributed by atoms with Crippen molar-refractivity contribution >= 4 is 6.03 Å². The van der Waals surface area contributed by atoms with Crippen LogP contribution in [0.3, 0.4) is 0 Å². The second-order valence-electron chi connectivity index (χ2n) is 4.22. The maximum Gasteiger partial charge on any atom is 0.317 e. The maximum absolute atomic E-state index is 11.9. The summed E-state index contributed by atoms with van der Waals surface area (Å²) in [6.45, 7) is 0.866. The molecular weight excluding hydrogens is 244 g/mol. The number of aryl methyl sites for hydroxylation is 1. The first-order valence-corrected chi connectivity index (χ1v) is 5.91. The summed E-state index contributed by atoms with van der Waals surface area (Å²) in [5.74, 6) is 0.636. The van der Waals surface area contributed by atoms with E-state index in [0.717, 1.165) is 5.56 Å². The first-order chi connectivity index (χ1) is 9.16. The lowest BCUT2D eigenvalue weighted by molar-refractivity contribution is 0.204. The van der Waals surface area contributed by atoms with Gasteiger partial charge in [-0.15, -0.1) is 5.10 Å². The highest BCUT2D eigenvalue weighted by Gasteiger charge is 2.12. The summed E-state index contributed by atoms with van der Waals surface area (Å²) in [6.07, 6.45) is 0. The smallest absolute Gasteiger partial charge is 0.317 e. The second kappa shape index (κ2) is 5.94. The van der Waals surface area contributed by atoms with Crippen molar-refractivity contribution in [2.24, 2.45) is 7.05 Å². The predicted molar refractivity (Wildman–Crippen MR) is 68.9 cm³/mol. The van der Waals surface area contributed by atoms with E-state index < -0.39 is 0 Å². The third-order valence-corrected chi connectivity index (χ3v) is 2.72. The Labute approximate surface area is 111 Å². The number of carbonyl (C=O) groups is 1. The van der Waals surface area contributed by atoms with E-state index in [-0.39, 0.29) is 6.03 Å². The maximum atomic E-state index is 11.9. The van der Waals surface area contributed by atoms with Gasteiger partial charge in [0.1, 0.15) is 0 Å². The monoisotopic (exact) mass is 260 g/mol. The van der Waals surface area contributed by atoms with E-state index in [0.29, 0.717) is 18.9 Å². The van der Waals surface area contributed by atoms with E-state index in [2.05, 4.69) is 20.8 Å². The van der Waals surface area contributed by atoms with E-state index in [4.69, 9.17) is 0 Å². The Morgan fingerprint density at radius 3 is 2.74 bits per heavy atom. The molecule has 2 aromatic rings. The van der Waals surface area contributed by atoms with Gasteiger partial charge in [-0.1, -0.05) is 30.3 Å². The van der Waals surface area contributed by atoms with Gasteiger partial charge in [-0.05, 0) is 16.0 Å². The number of aromatic nitrogens is 4. The summed E-state index contributed by atoms with van der Waals surface area (Å²) >= 11 is 0. The zero-order valence-electron chi connectivity index (χ0n) is 10.9. The standard InChI is InChI=1S/C12H16N6O/c1-17(9-11-14-15-16-18(11)2)12(19)13-8-10-6-4-3-5-7-10/h3-7H,8-9H2,1-2H3,(H,13,19). The minimum Gasteiger partial charge on any atom is -0.334 e. The summed E-state index contributed by atoms with van der Waals surface area (Å²) in [6, 6.07) is 9.59. The molecule has 0 atom stereocenters. The van der Waals surface area contributed by atoms with Gasteiger partial charge < -0.3 is 10.2 Å². The molecular formula is C12H16N6O. The van der Waals surface area contributed by atoms with Crippen molar-refractivity contribution in [2.45, 2.75) is 13.1 Å². The summed E-state index contributed by atoms with van der Waals surface area (Å²) in [5.41, 5.74) is 1.06. The van der Waals surface area contributed by atoms with Crippen LogP contribution in [0.5, 0.6) is 0 Å². The second-order valence-corrected chi connectivity index (χ2v) is 4.22. The summed E-state index contributed by atoms with van der Waals surface area (Å²) in [7, 11) is 3.44. The van der Waals surface area contributed by atoms with E-state index in [1.165, 1.54) is 4.90 Å². The Balaban J connectivity index is 1.84. The molecule has 2 amide bonds. The van der Waals surface area contributed by atoms with Crippen molar-refractivity contribution in [1.82, 2.24) is 30.4 Å². The molecule has 7 nitrogen and oxygen atoms in total. The number of rotatable bonds is 4. The van der Waals surface area contributed by atoms with Gasteiger partial charge in [-0.2, -0.15) is 0 Å². The van der Waals surface area contributed by atoms with Gasteiger partial charge in [0.15, 0.2) is 5.82 Å². The molecule has 0 bridgehead atoms. The highest BCUT2D eigenvalue weighted by Crippen LogP contribution is 2.00. The van der Waals surface area contributed by atoms with Gasteiger partial charge in [0.25, 0.3) is 0 Å². The molecule has 1 aromatic carbocycles. The van der Waals surface area contributed by atoms with Crippen LogP contribution < -0.4 is 5.32 Å². The first-order valence-electron chi connectivity index (χ1n) is 5.91. The fourth-order valence-electron chi connectivity index (χ4n) is 1.57. The van der Waals surface area contributed by atoms with Gasteiger partial charge in [0.05, 0.1) is 6.54 Å². The molecule has 0 spiro atoms. The van der Waals surface area contributed by atoms with E-state index in [9.17, 15) is 4.79 Å². The number of carbonyl (C=O) groups excluding carboxylic acids is 1. The van der Waals surface area contributed by atoms with E-state index >= 15 is 0 Å². The van der Waals surface area contributed by atoms with Gasteiger partial charge in [0.2, 0.25) is 0 Å². The lowest BCUT2D eigenvalue weighted by Gasteiger charge is -2.16. The number of nitrogens with zero attached hydrogens (tertiary/aromatic N) is 5. The van der Waals surface area contributed by atoms with Gasteiger partial charge in [-0.25, -0.2) is 9.48 Å². The SMILES string of the molecule is CN(Cc1nnnn1C)C(=O)NCc1ccccc1. The highest BCUT2D eigenvalue weighted by molar-refractivity contribution is 5.73. The van der Waals surface area contributed by atoms with Crippen LogP contribution >= 0.6 is 0 Å². The molecule has 19 heavy (non-hydrogen) atoms. The highest BCUT2D eigenvalue weighted by atomic mass is 16.2. The average molecular weight is 260 g/mol. The molecule has 1 N–H and O–H groups in total. The molecule has 100 valence electrons. The minimum atomic E-state index is -0.160. The normalized spacial score (nSPS) is 10.2. The van der Waals surface area contributed by atoms with Crippen LogP contribution in [-0.4, -0.2) is 38.2 Å². The van der Waals surface area contributed by atoms with Crippen molar-refractivity contribution in [3.8, 4) is 0 Å². The number of nitrogens with one attached hydrogen (secondary N) is 1. The van der Waals surface area contributed by atoms with E-state index in [1.807, 2.05) is 30.3 Å². The molecule has 0 saturated heterocycles. The fraction of sp³-hybridized carbons (Fsp3) is 0.333. The molecule has 0 saturated carbocycles. The Bertz CT molecular complexity index is 538. The molecule has 0 fully saturated rings. The summed E-state index contributed by atoms with van der Waals surface area (Å²) in [4.78, 5) is 13.4. The zero-order valence-corrected chi connectivity index (χ0v) is 10.9. The van der Waals surface area contributed by atoms with Crippen LogP contribution in [0.25, 0.3) is 0 Å². The van der Waals surface area contributed by atoms with Crippen LogP contribution in [0.2, 0.25) is 0 Å². The van der Waals surface area contributed by atoms with Crippen LogP contribution in [0.15, 0.2) is 30.3 Å². The van der Waals surface area contributed by atoms with Crippen LogP contribution in [0.4, 0.5) is 4.79 Å². The number of urea groups is 1. The molecule has 1 aromatic heterocycles. The number of benzene rings is 1. The largest absolute Gasteiger partial charge is 0.334 e. The Kier molecular flexibility index (Phi) is 4.07. The molecule has 0 radical (unpaired) electrons. The number of amides is 2. The van der Waals surface area contributed by atoms with Gasteiger partial charge >= 0.3 is 6.03 Å². The van der Waals surface area contributed by atoms with Crippen molar-refractivity contribution in [3.63, 3.8) is 0 Å². The third kappa shape index (κ3) is 3.51. The minimum absolute atomic E-state index is 0.160. The molecule has 7 heteroatoms. The summed E-state index contributed by atoms with van der Waals surface area (Å²) < 4.78 is 1.54. The van der Waals surface area contributed by atoms with Crippen molar-refractivity contribution in [3.05, 3.63) is 41.7 Å². The average Bonchev–Trinajstić information content (AvgIpc) is 2.82. The molecule has 0 aliphatic carbocycles. The fourth-order valence-corrected chi connectivity index (χ4v) is 1.57. The van der Waals surface area contributed by atoms with Crippen molar-refractivity contribution in [1.29, 1.82) is 0 Å². The quantitative estimate of drug-likeness (QED) is 0.871. The zero-order chi connectivity index (χ0) is 13.7. The predicted octanol–water partition coefficient (Wildman–Crippen LogP) is 0.552. The number of hydrogen-bond acceptors (Lipinski definition) is 4. The van der Waals surface area contributed by atoms with Gasteiger partial charge in [-0.3, -0.25) is 0 Å². The first kappa shape index (κ1) is 13.0. The Morgan fingerprint density at radius 2 is 2.11 bits per heavy atom. The molecule has 0 unspecified atom stereocenters. The van der Waals surface area contributed by atoms with Crippen LogP contribution in [0, 0.1) is 0 Å². The lowest BCUT2D eigenvalue weighted by Crippen LogP contribution is -2.37. The third-order valence-electron chi connectivity index (χ3n) is 2.72.